The number of benzene rings is 6. The molecule has 0 aliphatic carbocycles. The van der Waals surface area contributed by atoms with Crippen LogP contribution in [0, 0.1) is 0 Å². The molecule has 0 unspecified atom stereocenters. The zero-order valence-corrected chi connectivity index (χ0v) is 30.5. The quantitative estimate of drug-likeness (QED) is 0.0867. The van der Waals surface area contributed by atoms with E-state index in [1.54, 1.807) is 4.68 Å². The molecule has 0 amide bonds. The first-order chi connectivity index (χ1) is 27.1. The van der Waals surface area contributed by atoms with Gasteiger partial charge >= 0.3 is 0 Å². The van der Waals surface area contributed by atoms with Crippen molar-refractivity contribution in [3.8, 4) is 0 Å². The molecule has 6 aromatic carbocycles. The molecule has 7 aromatic rings. The van der Waals surface area contributed by atoms with E-state index in [2.05, 4.69) is 36.4 Å². The summed E-state index contributed by atoms with van der Waals surface area (Å²) in [6.45, 7) is 0.527. The minimum atomic E-state index is -1.42. The fraction of sp³-hybridized carbons (Fsp3) is 0.191. The van der Waals surface area contributed by atoms with E-state index in [1.165, 1.54) is 6.33 Å². The fourth-order valence-electron chi connectivity index (χ4n) is 7.05. The molecule has 0 bridgehead atoms. The Bertz CT molecular complexity index is 2040. The number of ether oxygens (including phenoxy) is 3. The molecule has 1 heterocycles. The molecule has 278 valence electrons. The molecule has 2 N–H and O–H groups in total. The van der Waals surface area contributed by atoms with Crippen molar-refractivity contribution in [1.82, 2.24) is 14.8 Å². The van der Waals surface area contributed by atoms with Gasteiger partial charge in [-0.3, -0.25) is 0 Å². The van der Waals surface area contributed by atoms with Crippen LogP contribution in [-0.2, 0) is 39.6 Å². The molecule has 7 rings (SSSR count). The second-order valence-electron chi connectivity index (χ2n) is 13.4. The topological polar surface area (TPSA) is 98.9 Å². The Morgan fingerprint density at radius 1 is 0.491 bits per heavy atom. The maximum absolute atomic E-state index is 12.8. The Balaban J connectivity index is 1.32. The molecule has 0 saturated carbocycles. The first-order valence-corrected chi connectivity index (χ1v) is 18.5. The third-order valence-corrected chi connectivity index (χ3v) is 9.72. The number of aliphatic hydroxyl groups is 2. The van der Waals surface area contributed by atoms with Gasteiger partial charge in [0, 0.05) is 0 Å². The van der Waals surface area contributed by atoms with E-state index in [1.807, 2.05) is 146 Å². The average molecular weight is 732 g/mol. The van der Waals surface area contributed by atoms with Crippen LogP contribution in [0.2, 0.25) is 0 Å². The van der Waals surface area contributed by atoms with E-state index < -0.39 is 30.0 Å². The maximum atomic E-state index is 12.8. The van der Waals surface area contributed by atoms with Crippen molar-refractivity contribution >= 4 is 0 Å². The predicted molar refractivity (Wildman–Crippen MR) is 212 cm³/mol. The highest BCUT2D eigenvalue weighted by Crippen LogP contribution is 2.42. The van der Waals surface area contributed by atoms with E-state index in [4.69, 9.17) is 24.3 Å². The largest absolute Gasteiger partial charge is 0.388 e. The highest BCUT2D eigenvalue weighted by molar-refractivity contribution is 5.50. The zero-order chi connectivity index (χ0) is 37.7. The smallest absolute Gasteiger partial charge is 0.160 e. The van der Waals surface area contributed by atoms with Crippen molar-refractivity contribution in [2.24, 2.45) is 0 Å². The third kappa shape index (κ3) is 8.81. The predicted octanol–water partition coefficient (Wildman–Crippen LogP) is 7.90. The van der Waals surface area contributed by atoms with Gasteiger partial charge in [-0.1, -0.05) is 182 Å². The molecule has 1 aromatic heterocycles. The zero-order valence-electron chi connectivity index (χ0n) is 30.5. The van der Waals surface area contributed by atoms with E-state index in [-0.39, 0.29) is 25.6 Å². The van der Waals surface area contributed by atoms with Crippen molar-refractivity contribution in [2.45, 2.75) is 49.8 Å². The summed E-state index contributed by atoms with van der Waals surface area (Å²) in [7, 11) is 0. The van der Waals surface area contributed by atoms with Gasteiger partial charge in [0.05, 0.1) is 26.4 Å². The van der Waals surface area contributed by atoms with Crippen LogP contribution >= 0.6 is 0 Å². The Morgan fingerprint density at radius 3 is 1.31 bits per heavy atom. The average Bonchev–Trinajstić information content (AvgIpc) is 3.75. The molecule has 0 fully saturated rings. The number of rotatable bonds is 18. The minimum absolute atomic E-state index is 0.0685. The number of hydrogen-bond acceptors (Lipinski definition) is 7. The lowest BCUT2D eigenvalue weighted by atomic mass is 9.77. The Hall–Kier alpha value is -5.74. The summed E-state index contributed by atoms with van der Waals surface area (Å²) in [4.78, 5) is 4.75. The molecular formula is C47H45N3O5. The van der Waals surface area contributed by atoms with Crippen LogP contribution in [0.1, 0.15) is 45.3 Å². The lowest BCUT2D eigenvalue weighted by Crippen LogP contribution is -2.48. The second-order valence-corrected chi connectivity index (χ2v) is 13.4. The number of aliphatic hydroxyl groups excluding tert-OH is 2. The number of nitrogens with zero attached hydrogens (tertiary/aromatic N) is 3. The van der Waals surface area contributed by atoms with Gasteiger partial charge in [-0.15, -0.1) is 0 Å². The maximum Gasteiger partial charge on any atom is 0.160 e. The van der Waals surface area contributed by atoms with Crippen LogP contribution in [0.4, 0.5) is 0 Å². The summed E-state index contributed by atoms with van der Waals surface area (Å²) >= 11 is 0. The van der Waals surface area contributed by atoms with Crippen molar-refractivity contribution in [3.05, 3.63) is 228 Å². The highest BCUT2D eigenvalue weighted by Gasteiger charge is 2.45. The van der Waals surface area contributed by atoms with Crippen LogP contribution in [0.15, 0.2) is 188 Å². The SMILES string of the molecule is O[C@@H](COCc1ccccc1)[C@@H](OCc1ccccc1)[C@H](OCc1ccccc1)[C@@H](O)c1ncnn1C(c1ccccc1)(c1ccccc1)c1ccccc1. The first-order valence-electron chi connectivity index (χ1n) is 18.5. The van der Waals surface area contributed by atoms with Gasteiger partial charge in [-0.2, -0.15) is 5.10 Å². The minimum Gasteiger partial charge on any atom is -0.388 e. The molecule has 0 radical (unpaired) electrons. The standard InChI is InChI=1S/C47H45N3O5/c51-42(34-53-31-36-19-7-1-8-20-36)44(54-32-37-21-9-2-10-22-37)45(55-33-38-23-11-3-12-24-38)43(52)46-48-35-49-50(46)47(39-25-13-4-14-26-39,40-27-15-5-16-28-40)41-29-17-6-18-30-41/h1-30,35,42-45,51-52H,31-34H2/t42-,43+,44+,45+/m0/s1. The second kappa shape index (κ2) is 18.5. The van der Waals surface area contributed by atoms with Gasteiger partial charge < -0.3 is 24.4 Å². The molecule has 4 atom stereocenters. The summed E-state index contributed by atoms with van der Waals surface area (Å²) in [5.74, 6) is 0.236. The molecular weight excluding hydrogens is 687 g/mol. The normalized spacial score (nSPS) is 13.9. The summed E-state index contributed by atoms with van der Waals surface area (Å²) in [6, 6.07) is 59.4. The van der Waals surface area contributed by atoms with Gasteiger partial charge in [0.1, 0.15) is 36.3 Å². The number of hydrogen-bond donors (Lipinski definition) is 2. The van der Waals surface area contributed by atoms with E-state index in [0.717, 1.165) is 33.4 Å². The lowest BCUT2D eigenvalue weighted by molar-refractivity contribution is -0.179. The Kier molecular flexibility index (Phi) is 12.7. The number of aromatic nitrogens is 3. The summed E-state index contributed by atoms with van der Waals surface area (Å²) in [6.07, 6.45) is -3.34. The van der Waals surface area contributed by atoms with Crippen LogP contribution < -0.4 is 0 Å². The van der Waals surface area contributed by atoms with Gasteiger partial charge in [0.15, 0.2) is 5.82 Å². The first kappa shape index (κ1) is 37.6. The van der Waals surface area contributed by atoms with Crippen molar-refractivity contribution < 1.29 is 24.4 Å². The van der Waals surface area contributed by atoms with Crippen LogP contribution in [0.3, 0.4) is 0 Å². The molecule has 8 heteroatoms. The van der Waals surface area contributed by atoms with Crippen molar-refractivity contribution in [2.75, 3.05) is 6.61 Å². The molecule has 8 nitrogen and oxygen atoms in total. The van der Waals surface area contributed by atoms with Gasteiger partial charge in [0.25, 0.3) is 0 Å². The van der Waals surface area contributed by atoms with Crippen LogP contribution in [-0.4, -0.2) is 49.9 Å². The monoisotopic (exact) mass is 731 g/mol. The molecule has 0 spiro atoms. The third-order valence-electron chi connectivity index (χ3n) is 9.72. The summed E-state index contributed by atoms with van der Waals surface area (Å²) in [5, 5.41) is 29.6. The van der Waals surface area contributed by atoms with Crippen molar-refractivity contribution in [1.29, 1.82) is 0 Å². The van der Waals surface area contributed by atoms with Gasteiger partial charge in [-0.05, 0) is 33.4 Å². The molecule has 55 heavy (non-hydrogen) atoms. The van der Waals surface area contributed by atoms with Crippen molar-refractivity contribution in [3.63, 3.8) is 0 Å². The van der Waals surface area contributed by atoms with E-state index in [9.17, 15) is 10.2 Å². The lowest BCUT2D eigenvalue weighted by Gasteiger charge is -2.39. The van der Waals surface area contributed by atoms with E-state index in [0.29, 0.717) is 6.61 Å². The van der Waals surface area contributed by atoms with E-state index >= 15 is 0 Å². The Morgan fingerprint density at radius 2 is 0.873 bits per heavy atom. The summed E-state index contributed by atoms with van der Waals surface area (Å²) in [5.41, 5.74) is 4.46. The van der Waals surface area contributed by atoms with Gasteiger partial charge in [-0.25, -0.2) is 9.67 Å². The molecule has 0 aliphatic heterocycles. The Labute approximate surface area is 322 Å². The van der Waals surface area contributed by atoms with Crippen LogP contribution in [0.5, 0.6) is 0 Å². The van der Waals surface area contributed by atoms with Crippen LogP contribution in [0.25, 0.3) is 0 Å². The highest BCUT2D eigenvalue weighted by atomic mass is 16.6. The molecule has 0 aliphatic rings. The van der Waals surface area contributed by atoms with Gasteiger partial charge in [0.2, 0.25) is 0 Å². The molecule has 0 saturated heterocycles. The summed E-state index contributed by atoms with van der Waals surface area (Å²) < 4.78 is 21.1. The fourth-order valence-corrected chi connectivity index (χ4v) is 7.05.